The van der Waals surface area contributed by atoms with Gasteiger partial charge in [-0.15, -0.1) is 0 Å². The van der Waals surface area contributed by atoms with Crippen LogP contribution in [-0.2, 0) is 16.1 Å². The average molecular weight is 443 g/mol. The van der Waals surface area contributed by atoms with Crippen molar-refractivity contribution in [2.75, 3.05) is 13.7 Å². The fourth-order valence-electron chi connectivity index (χ4n) is 4.04. The fraction of sp³-hybridized carbons (Fsp3) is 0.440. The maximum absolute atomic E-state index is 13.9. The van der Waals surface area contributed by atoms with Gasteiger partial charge in [0.2, 0.25) is 5.91 Å². The van der Waals surface area contributed by atoms with Crippen LogP contribution in [0.2, 0.25) is 0 Å². The molecule has 0 unspecified atom stereocenters. The molecule has 6 nitrogen and oxygen atoms in total. The Bertz CT molecular complexity index is 914. The van der Waals surface area contributed by atoms with Gasteiger partial charge in [0, 0.05) is 12.6 Å². The van der Waals surface area contributed by atoms with Crippen LogP contribution in [0.25, 0.3) is 0 Å². The molecule has 0 spiro atoms. The van der Waals surface area contributed by atoms with Crippen molar-refractivity contribution in [2.24, 2.45) is 0 Å². The Morgan fingerprint density at radius 2 is 1.91 bits per heavy atom. The lowest BCUT2D eigenvalue weighted by Crippen LogP contribution is -2.52. The van der Waals surface area contributed by atoms with Crippen LogP contribution in [0.5, 0.6) is 11.5 Å². The second-order valence-electron chi connectivity index (χ2n) is 8.01. The number of para-hydroxylation sites is 1. The summed E-state index contributed by atoms with van der Waals surface area (Å²) in [5, 5.41) is 3.10. The molecule has 172 valence electrons. The van der Waals surface area contributed by atoms with Crippen molar-refractivity contribution in [3.63, 3.8) is 0 Å². The zero-order valence-electron chi connectivity index (χ0n) is 18.7. The number of halogens is 1. The molecule has 3 rings (SSSR count). The molecule has 0 radical (unpaired) electrons. The van der Waals surface area contributed by atoms with Crippen LogP contribution in [0.1, 0.15) is 44.6 Å². The van der Waals surface area contributed by atoms with Gasteiger partial charge in [-0.25, -0.2) is 4.39 Å². The van der Waals surface area contributed by atoms with E-state index in [2.05, 4.69) is 5.32 Å². The second-order valence-corrected chi connectivity index (χ2v) is 8.01. The number of nitrogens with one attached hydrogen (secondary N) is 1. The van der Waals surface area contributed by atoms with Crippen LogP contribution in [0, 0.1) is 5.82 Å². The minimum absolute atomic E-state index is 0.00522. The number of amides is 2. The van der Waals surface area contributed by atoms with Crippen LogP contribution in [0.4, 0.5) is 4.39 Å². The smallest absolute Gasteiger partial charge is 0.261 e. The van der Waals surface area contributed by atoms with E-state index in [-0.39, 0.29) is 36.8 Å². The van der Waals surface area contributed by atoms with E-state index in [1.165, 1.54) is 17.0 Å². The van der Waals surface area contributed by atoms with E-state index in [9.17, 15) is 14.0 Å². The second kappa shape index (κ2) is 11.5. The van der Waals surface area contributed by atoms with E-state index in [0.717, 1.165) is 31.2 Å². The van der Waals surface area contributed by atoms with E-state index in [1.54, 1.807) is 19.2 Å². The van der Waals surface area contributed by atoms with Crippen LogP contribution in [0.15, 0.2) is 48.5 Å². The van der Waals surface area contributed by atoms with Gasteiger partial charge >= 0.3 is 0 Å². The summed E-state index contributed by atoms with van der Waals surface area (Å²) in [6.07, 6.45) is 4.58. The first kappa shape index (κ1) is 23.6. The van der Waals surface area contributed by atoms with Crippen molar-refractivity contribution in [1.82, 2.24) is 10.2 Å². The van der Waals surface area contributed by atoms with Crippen molar-refractivity contribution < 1.29 is 23.5 Å². The van der Waals surface area contributed by atoms with Gasteiger partial charge in [-0.2, -0.15) is 0 Å². The molecule has 1 N–H and O–H groups in total. The van der Waals surface area contributed by atoms with Crippen LogP contribution in [-0.4, -0.2) is 42.5 Å². The summed E-state index contributed by atoms with van der Waals surface area (Å²) in [6, 6.07) is 12.8. The molecule has 7 heteroatoms. The van der Waals surface area contributed by atoms with E-state index < -0.39 is 11.9 Å². The van der Waals surface area contributed by atoms with Gasteiger partial charge in [-0.1, -0.05) is 44.0 Å². The van der Waals surface area contributed by atoms with Gasteiger partial charge in [0.15, 0.2) is 18.2 Å². The topological polar surface area (TPSA) is 67.9 Å². The summed E-state index contributed by atoms with van der Waals surface area (Å²) >= 11 is 0. The van der Waals surface area contributed by atoms with Crippen molar-refractivity contribution in [2.45, 2.75) is 57.7 Å². The van der Waals surface area contributed by atoms with Gasteiger partial charge < -0.3 is 19.7 Å². The van der Waals surface area contributed by atoms with Crippen molar-refractivity contribution >= 4 is 11.8 Å². The molecule has 2 amide bonds. The van der Waals surface area contributed by atoms with Crippen molar-refractivity contribution in [3.05, 3.63) is 59.9 Å². The van der Waals surface area contributed by atoms with E-state index in [0.29, 0.717) is 12.2 Å². The maximum Gasteiger partial charge on any atom is 0.261 e. The highest BCUT2D eigenvalue weighted by molar-refractivity contribution is 5.88. The minimum atomic E-state index is -0.654. The Morgan fingerprint density at radius 3 is 2.59 bits per heavy atom. The summed E-state index contributed by atoms with van der Waals surface area (Å²) in [6.45, 7) is 1.73. The summed E-state index contributed by atoms with van der Waals surface area (Å²) in [7, 11) is 1.58. The molecule has 1 fully saturated rings. The molecule has 0 heterocycles. The molecule has 0 aromatic heterocycles. The lowest BCUT2D eigenvalue weighted by molar-refractivity contribution is -0.143. The highest BCUT2D eigenvalue weighted by Gasteiger charge is 2.31. The normalized spacial score (nSPS) is 14.6. The van der Waals surface area contributed by atoms with Crippen molar-refractivity contribution in [1.29, 1.82) is 0 Å². The Morgan fingerprint density at radius 1 is 1.16 bits per heavy atom. The molecule has 1 atom stereocenters. The number of benzene rings is 2. The van der Waals surface area contributed by atoms with Gasteiger partial charge in [0.05, 0.1) is 7.11 Å². The number of ether oxygens (including phenoxy) is 2. The summed E-state index contributed by atoms with van der Waals surface area (Å²) < 4.78 is 24.7. The largest absolute Gasteiger partial charge is 0.497 e. The number of nitrogens with zero attached hydrogens (tertiary/aromatic N) is 1. The third-order valence-electron chi connectivity index (χ3n) is 5.76. The molecule has 32 heavy (non-hydrogen) atoms. The molecule has 1 saturated carbocycles. The highest BCUT2D eigenvalue weighted by Crippen LogP contribution is 2.21. The molecule has 2 aromatic rings. The summed E-state index contributed by atoms with van der Waals surface area (Å²) in [4.78, 5) is 27.8. The first-order valence-corrected chi connectivity index (χ1v) is 11.1. The van der Waals surface area contributed by atoms with Crippen LogP contribution in [0.3, 0.4) is 0 Å². The number of rotatable bonds is 10. The van der Waals surface area contributed by atoms with Crippen LogP contribution >= 0.6 is 0 Å². The lowest BCUT2D eigenvalue weighted by atomic mass is 10.1. The molecule has 1 aliphatic rings. The van der Waals surface area contributed by atoms with Gasteiger partial charge in [-0.05, 0) is 49.1 Å². The van der Waals surface area contributed by atoms with Gasteiger partial charge in [0.25, 0.3) is 5.91 Å². The molecule has 0 saturated heterocycles. The zero-order chi connectivity index (χ0) is 22.9. The third kappa shape index (κ3) is 6.22. The number of carbonyl (C=O) groups is 2. The lowest BCUT2D eigenvalue weighted by Gasteiger charge is -2.31. The van der Waals surface area contributed by atoms with Crippen molar-refractivity contribution in [3.8, 4) is 11.5 Å². The highest BCUT2D eigenvalue weighted by atomic mass is 19.1. The Labute approximate surface area is 188 Å². The average Bonchev–Trinajstić information content (AvgIpc) is 3.31. The Hall–Kier alpha value is -3.09. The molecular weight excluding hydrogens is 411 g/mol. The predicted molar refractivity (Wildman–Crippen MR) is 120 cm³/mol. The summed E-state index contributed by atoms with van der Waals surface area (Å²) in [5.74, 6) is -0.414. The quantitative estimate of drug-likeness (QED) is 0.602. The molecule has 0 bridgehead atoms. The SMILES string of the molecule is CC[C@H](C(=O)NC1CCCC1)N(Cc1cccc(OC)c1)C(=O)COc1ccccc1F. The molecule has 1 aliphatic carbocycles. The monoisotopic (exact) mass is 442 g/mol. The number of hydrogen-bond donors (Lipinski definition) is 1. The van der Waals surface area contributed by atoms with Gasteiger partial charge in [0.1, 0.15) is 11.8 Å². The van der Waals surface area contributed by atoms with Crippen LogP contribution < -0.4 is 14.8 Å². The fourth-order valence-corrected chi connectivity index (χ4v) is 4.04. The predicted octanol–water partition coefficient (Wildman–Crippen LogP) is 4.08. The van der Waals surface area contributed by atoms with E-state index in [4.69, 9.17) is 9.47 Å². The maximum atomic E-state index is 13.9. The van der Waals surface area contributed by atoms with E-state index >= 15 is 0 Å². The first-order chi connectivity index (χ1) is 15.5. The third-order valence-corrected chi connectivity index (χ3v) is 5.76. The number of carbonyl (C=O) groups excluding carboxylic acids is 2. The minimum Gasteiger partial charge on any atom is -0.497 e. The standard InChI is InChI=1S/C25H31FN2O4/c1-3-22(25(30)27-19-10-4-5-11-19)28(16-18-9-8-12-20(15-18)31-2)24(29)17-32-23-14-7-6-13-21(23)26/h6-9,12-15,19,22H,3-5,10-11,16-17H2,1-2H3,(H,27,30)/t22-/m1/s1. The Balaban J connectivity index is 1.78. The zero-order valence-corrected chi connectivity index (χ0v) is 18.7. The number of methoxy groups -OCH3 is 1. The molecular formula is C25H31FN2O4. The number of hydrogen-bond acceptors (Lipinski definition) is 4. The molecule has 0 aliphatic heterocycles. The summed E-state index contributed by atoms with van der Waals surface area (Å²) in [5.41, 5.74) is 0.829. The molecule has 2 aromatic carbocycles. The van der Waals surface area contributed by atoms with E-state index in [1.807, 2.05) is 31.2 Å². The first-order valence-electron chi connectivity index (χ1n) is 11.1. The Kier molecular flexibility index (Phi) is 8.48. The van der Waals surface area contributed by atoms with Gasteiger partial charge in [-0.3, -0.25) is 9.59 Å².